The fourth-order valence-corrected chi connectivity index (χ4v) is 3.61. The number of nitrogens with zero attached hydrogens (tertiary/aromatic N) is 2. The summed E-state index contributed by atoms with van der Waals surface area (Å²) in [4.78, 5) is 18.5. The zero-order chi connectivity index (χ0) is 15.0. The van der Waals surface area contributed by atoms with Gasteiger partial charge >= 0.3 is 0 Å². The van der Waals surface area contributed by atoms with Crippen LogP contribution < -0.4 is 10.2 Å². The summed E-state index contributed by atoms with van der Waals surface area (Å²) in [6.07, 6.45) is 3.43. The molecule has 1 amide bonds. The normalized spacial score (nSPS) is 16.7. The number of hydrogen-bond donors (Lipinski definition) is 2. The number of nitrogens with one attached hydrogen (secondary N) is 1. The summed E-state index contributed by atoms with van der Waals surface area (Å²) in [5.74, 6) is 0.140. The van der Waals surface area contributed by atoms with Crippen molar-refractivity contribution >= 4 is 29.0 Å². The first-order chi connectivity index (χ1) is 10.0. The zero-order valence-electron chi connectivity index (χ0n) is 11.7. The number of pyridine rings is 1. The van der Waals surface area contributed by atoms with Crippen LogP contribution in [0.25, 0.3) is 0 Å². The molecule has 21 heavy (non-hydrogen) atoms. The number of aromatic hydroxyl groups is 1. The smallest absolute Gasteiger partial charge is 0.221 e. The molecule has 0 saturated heterocycles. The Morgan fingerprint density at radius 1 is 1.38 bits per heavy atom. The SMILES string of the molecule is CC(=O)Nc1cncc(C2Sc3ccc(O)cc3N2C)c1. The van der Waals surface area contributed by atoms with Crippen LogP contribution >= 0.6 is 11.8 Å². The first-order valence-electron chi connectivity index (χ1n) is 6.49. The number of amides is 1. The van der Waals surface area contributed by atoms with E-state index in [-0.39, 0.29) is 17.0 Å². The molecule has 1 aliphatic rings. The average Bonchev–Trinajstić information content (AvgIpc) is 2.76. The van der Waals surface area contributed by atoms with Crippen molar-refractivity contribution in [3.05, 3.63) is 42.2 Å². The van der Waals surface area contributed by atoms with Crippen LogP contribution in [0.1, 0.15) is 17.9 Å². The van der Waals surface area contributed by atoms with E-state index in [2.05, 4.69) is 15.2 Å². The van der Waals surface area contributed by atoms with Gasteiger partial charge in [0.1, 0.15) is 11.1 Å². The van der Waals surface area contributed by atoms with Gasteiger partial charge in [0.25, 0.3) is 0 Å². The number of carbonyl (C=O) groups excluding carboxylic acids is 1. The number of hydrogen-bond acceptors (Lipinski definition) is 5. The minimum absolute atomic E-state index is 0.0722. The second-order valence-corrected chi connectivity index (χ2v) is 6.04. The van der Waals surface area contributed by atoms with E-state index in [1.54, 1.807) is 36.3 Å². The van der Waals surface area contributed by atoms with Crippen LogP contribution in [-0.2, 0) is 4.79 Å². The second-order valence-electron chi connectivity index (χ2n) is 4.92. The van der Waals surface area contributed by atoms with E-state index in [1.165, 1.54) is 6.92 Å². The summed E-state index contributed by atoms with van der Waals surface area (Å²) in [6, 6.07) is 7.28. The highest BCUT2D eigenvalue weighted by atomic mass is 32.2. The third kappa shape index (κ3) is 2.67. The number of aromatic nitrogens is 1. The number of thioether (sulfide) groups is 1. The Hall–Kier alpha value is -2.21. The fourth-order valence-electron chi connectivity index (χ4n) is 2.36. The van der Waals surface area contributed by atoms with Crippen molar-refractivity contribution in [2.24, 2.45) is 0 Å². The van der Waals surface area contributed by atoms with Gasteiger partial charge in [0.15, 0.2) is 0 Å². The predicted octanol–water partition coefficient (Wildman–Crippen LogP) is 2.99. The van der Waals surface area contributed by atoms with E-state index < -0.39 is 0 Å². The van der Waals surface area contributed by atoms with Gasteiger partial charge in [-0.1, -0.05) is 11.8 Å². The number of benzene rings is 1. The first-order valence-corrected chi connectivity index (χ1v) is 7.37. The molecule has 1 aliphatic heterocycles. The summed E-state index contributed by atoms with van der Waals surface area (Å²) >= 11 is 1.70. The molecule has 0 saturated carbocycles. The van der Waals surface area contributed by atoms with Gasteiger partial charge in [0, 0.05) is 36.7 Å². The number of rotatable bonds is 2. The van der Waals surface area contributed by atoms with Crippen LogP contribution in [-0.4, -0.2) is 23.0 Å². The highest BCUT2D eigenvalue weighted by Gasteiger charge is 2.29. The minimum atomic E-state index is -0.116. The van der Waals surface area contributed by atoms with Gasteiger partial charge in [-0.2, -0.15) is 0 Å². The van der Waals surface area contributed by atoms with Gasteiger partial charge < -0.3 is 15.3 Å². The van der Waals surface area contributed by atoms with E-state index in [0.717, 1.165) is 16.1 Å². The van der Waals surface area contributed by atoms with Crippen LogP contribution in [0.3, 0.4) is 0 Å². The largest absolute Gasteiger partial charge is 0.508 e. The van der Waals surface area contributed by atoms with Crippen LogP contribution in [0, 0.1) is 0 Å². The lowest BCUT2D eigenvalue weighted by Crippen LogP contribution is -2.17. The molecular weight excluding hydrogens is 286 g/mol. The van der Waals surface area contributed by atoms with Gasteiger partial charge in [0.2, 0.25) is 5.91 Å². The van der Waals surface area contributed by atoms with Crippen molar-refractivity contribution in [3.63, 3.8) is 0 Å². The average molecular weight is 301 g/mol. The number of anilines is 2. The van der Waals surface area contributed by atoms with Gasteiger partial charge in [-0.25, -0.2) is 0 Å². The van der Waals surface area contributed by atoms with Gasteiger partial charge in [-0.3, -0.25) is 9.78 Å². The number of phenols is 1. The molecular formula is C15H15N3O2S. The molecule has 2 N–H and O–H groups in total. The third-order valence-electron chi connectivity index (χ3n) is 3.28. The Labute approximate surface area is 127 Å². The lowest BCUT2D eigenvalue weighted by molar-refractivity contribution is -0.114. The molecule has 1 unspecified atom stereocenters. The highest BCUT2D eigenvalue weighted by molar-refractivity contribution is 8.00. The van der Waals surface area contributed by atoms with Crippen LogP contribution in [0.5, 0.6) is 5.75 Å². The molecule has 0 radical (unpaired) electrons. The standard InChI is InChI=1S/C15H15N3O2S/c1-9(19)17-11-5-10(7-16-8-11)15-18(2)13-6-12(20)3-4-14(13)21-15/h3-8,15,20H,1-2H3,(H,17,19). The van der Waals surface area contributed by atoms with Crippen molar-refractivity contribution in [2.75, 3.05) is 17.3 Å². The Morgan fingerprint density at radius 3 is 2.95 bits per heavy atom. The van der Waals surface area contributed by atoms with Crippen molar-refractivity contribution < 1.29 is 9.90 Å². The lowest BCUT2D eigenvalue weighted by Gasteiger charge is -2.22. The maximum atomic E-state index is 11.1. The highest BCUT2D eigenvalue weighted by Crippen LogP contribution is 2.51. The Morgan fingerprint density at radius 2 is 2.19 bits per heavy atom. The summed E-state index contributed by atoms with van der Waals surface area (Å²) < 4.78 is 0. The number of phenolic OH excluding ortho intramolecular Hbond substituents is 1. The first kappa shape index (κ1) is 13.8. The van der Waals surface area contributed by atoms with Crippen molar-refractivity contribution in [1.29, 1.82) is 0 Å². The minimum Gasteiger partial charge on any atom is -0.508 e. The van der Waals surface area contributed by atoms with Crippen molar-refractivity contribution in [1.82, 2.24) is 4.98 Å². The fraction of sp³-hybridized carbons (Fsp3) is 0.200. The number of fused-ring (bicyclic) bond motifs is 1. The Bertz CT molecular complexity index is 705. The molecule has 1 atom stereocenters. The Kier molecular flexibility index (Phi) is 3.47. The number of carbonyl (C=O) groups is 1. The molecule has 1 aromatic carbocycles. The molecule has 2 heterocycles. The van der Waals surface area contributed by atoms with Crippen LogP contribution in [0.15, 0.2) is 41.6 Å². The van der Waals surface area contributed by atoms with E-state index >= 15 is 0 Å². The maximum absolute atomic E-state index is 11.1. The monoisotopic (exact) mass is 301 g/mol. The topological polar surface area (TPSA) is 65.5 Å². The van der Waals surface area contributed by atoms with Crippen molar-refractivity contribution in [2.45, 2.75) is 17.2 Å². The second kappa shape index (κ2) is 5.29. The molecule has 0 fully saturated rings. The van der Waals surface area contributed by atoms with Crippen LogP contribution in [0.4, 0.5) is 11.4 Å². The molecule has 108 valence electrons. The van der Waals surface area contributed by atoms with Gasteiger partial charge in [-0.05, 0) is 18.2 Å². The van der Waals surface area contributed by atoms with E-state index in [4.69, 9.17) is 0 Å². The zero-order valence-corrected chi connectivity index (χ0v) is 12.5. The molecule has 3 rings (SSSR count). The molecule has 0 spiro atoms. The molecule has 5 nitrogen and oxygen atoms in total. The maximum Gasteiger partial charge on any atom is 0.221 e. The van der Waals surface area contributed by atoms with E-state index in [9.17, 15) is 9.90 Å². The molecule has 0 bridgehead atoms. The predicted molar refractivity (Wildman–Crippen MR) is 83.6 cm³/mol. The molecule has 6 heteroatoms. The van der Waals surface area contributed by atoms with Gasteiger partial charge in [-0.15, -0.1) is 0 Å². The summed E-state index contributed by atoms with van der Waals surface area (Å²) in [5, 5.41) is 12.4. The molecule has 1 aromatic heterocycles. The third-order valence-corrected chi connectivity index (χ3v) is 4.69. The van der Waals surface area contributed by atoms with E-state index in [0.29, 0.717) is 5.69 Å². The van der Waals surface area contributed by atoms with Crippen molar-refractivity contribution in [3.8, 4) is 5.75 Å². The molecule has 0 aliphatic carbocycles. The lowest BCUT2D eigenvalue weighted by atomic mass is 10.2. The summed E-state index contributed by atoms with van der Waals surface area (Å²) in [7, 11) is 1.98. The van der Waals surface area contributed by atoms with E-state index in [1.807, 2.05) is 19.2 Å². The summed E-state index contributed by atoms with van der Waals surface area (Å²) in [6.45, 7) is 1.47. The molecule has 2 aromatic rings. The van der Waals surface area contributed by atoms with Crippen LogP contribution in [0.2, 0.25) is 0 Å². The summed E-state index contributed by atoms with van der Waals surface area (Å²) in [5.41, 5.74) is 2.69. The Balaban J connectivity index is 1.91. The van der Waals surface area contributed by atoms with Gasteiger partial charge in [0.05, 0.1) is 17.6 Å². The quantitative estimate of drug-likeness (QED) is 0.892.